The Morgan fingerprint density at radius 3 is 2.58 bits per heavy atom. The van der Waals surface area contributed by atoms with Crippen molar-refractivity contribution >= 4 is 44.2 Å². The van der Waals surface area contributed by atoms with E-state index in [0.29, 0.717) is 13.1 Å². The van der Waals surface area contributed by atoms with Gasteiger partial charge in [0.1, 0.15) is 17.2 Å². The second-order valence-electron chi connectivity index (χ2n) is 7.78. The number of rotatable bonds is 6. The summed E-state index contributed by atoms with van der Waals surface area (Å²) in [4.78, 5) is 26.4. The molecule has 174 valence electrons. The highest BCUT2D eigenvalue weighted by Crippen LogP contribution is 2.39. The van der Waals surface area contributed by atoms with Crippen LogP contribution in [0.25, 0.3) is 16.6 Å². The first kappa shape index (κ1) is 23.1. The number of carbonyl (C=O) groups is 1. The third kappa shape index (κ3) is 3.85. The van der Waals surface area contributed by atoms with E-state index >= 15 is 4.39 Å². The van der Waals surface area contributed by atoms with Gasteiger partial charge in [0.2, 0.25) is 5.43 Å². The van der Waals surface area contributed by atoms with Crippen molar-refractivity contribution in [3.63, 3.8) is 0 Å². The van der Waals surface area contributed by atoms with Crippen LogP contribution in [0.4, 0.5) is 20.2 Å². The van der Waals surface area contributed by atoms with Gasteiger partial charge in [-0.05, 0) is 40.7 Å². The van der Waals surface area contributed by atoms with Crippen LogP contribution in [-0.2, 0) is 6.61 Å². The van der Waals surface area contributed by atoms with E-state index in [0.717, 1.165) is 24.9 Å². The van der Waals surface area contributed by atoms with Crippen LogP contribution >= 0.6 is 15.9 Å². The van der Waals surface area contributed by atoms with E-state index in [1.54, 1.807) is 4.90 Å². The molecule has 0 spiro atoms. The molecule has 1 aliphatic heterocycles. The number of benzene rings is 2. The van der Waals surface area contributed by atoms with Crippen molar-refractivity contribution in [1.29, 1.82) is 0 Å². The fourth-order valence-electron chi connectivity index (χ4n) is 4.09. The Labute approximate surface area is 195 Å². The standard InChI is InChI=1S/C22H21BrF2N4O4/c1-2-27-11-6-28(7-11)20-15(25)4-12-19(18(20)23)29(8-13(21(12)31)22(32)33)17-5-16(26)14(24)3-10(17)9-30/h3-5,8,11,27,30H,2,6-7,9,26H2,1H3,(H,32,33). The number of aromatic nitrogens is 1. The molecule has 2 aromatic carbocycles. The number of carboxylic acids is 1. The maximum absolute atomic E-state index is 15.2. The first-order valence-corrected chi connectivity index (χ1v) is 10.9. The van der Waals surface area contributed by atoms with E-state index < -0.39 is 35.2 Å². The Morgan fingerprint density at radius 2 is 1.97 bits per heavy atom. The first-order chi connectivity index (χ1) is 15.7. The highest BCUT2D eigenvalue weighted by molar-refractivity contribution is 9.10. The van der Waals surface area contributed by atoms with Gasteiger partial charge in [0.05, 0.1) is 39.0 Å². The lowest BCUT2D eigenvalue weighted by Crippen LogP contribution is -2.58. The molecule has 1 fully saturated rings. The molecule has 0 atom stereocenters. The van der Waals surface area contributed by atoms with Crippen molar-refractivity contribution in [2.45, 2.75) is 19.6 Å². The molecule has 4 rings (SSSR count). The van der Waals surface area contributed by atoms with Crippen molar-refractivity contribution in [3.05, 3.63) is 61.9 Å². The fourth-order valence-corrected chi connectivity index (χ4v) is 4.93. The van der Waals surface area contributed by atoms with Gasteiger partial charge in [0.25, 0.3) is 0 Å². The molecule has 8 nitrogen and oxygen atoms in total. The number of hydrogen-bond donors (Lipinski definition) is 4. The minimum absolute atomic E-state index is 0.108. The zero-order valence-corrected chi connectivity index (χ0v) is 19.1. The quantitative estimate of drug-likeness (QED) is 0.367. The summed E-state index contributed by atoms with van der Waals surface area (Å²) in [5, 5.41) is 22.5. The molecule has 1 saturated heterocycles. The number of nitrogen functional groups attached to an aromatic ring is 1. The number of nitrogens with one attached hydrogen (secondary N) is 1. The van der Waals surface area contributed by atoms with Crippen LogP contribution in [0.1, 0.15) is 22.8 Å². The second-order valence-corrected chi connectivity index (χ2v) is 8.58. The predicted molar refractivity (Wildman–Crippen MR) is 124 cm³/mol. The van der Waals surface area contributed by atoms with E-state index in [1.165, 1.54) is 10.6 Å². The molecule has 3 aromatic rings. The number of anilines is 2. The number of fused-ring (bicyclic) bond motifs is 1. The summed E-state index contributed by atoms with van der Waals surface area (Å²) >= 11 is 3.41. The molecular weight excluding hydrogens is 502 g/mol. The molecule has 0 aliphatic carbocycles. The van der Waals surface area contributed by atoms with Crippen molar-refractivity contribution in [2.75, 3.05) is 30.3 Å². The summed E-state index contributed by atoms with van der Waals surface area (Å²) < 4.78 is 30.8. The summed E-state index contributed by atoms with van der Waals surface area (Å²) in [6, 6.07) is 3.46. The van der Waals surface area contributed by atoms with Gasteiger partial charge in [-0.2, -0.15) is 0 Å². The summed E-state index contributed by atoms with van der Waals surface area (Å²) in [5.41, 5.74) is 4.69. The average Bonchev–Trinajstić information content (AvgIpc) is 2.74. The van der Waals surface area contributed by atoms with Crippen molar-refractivity contribution in [1.82, 2.24) is 9.88 Å². The number of aliphatic hydroxyl groups excluding tert-OH is 1. The van der Waals surface area contributed by atoms with Crippen LogP contribution in [0.5, 0.6) is 0 Å². The minimum atomic E-state index is -1.51. The lowest BCUT2D eigenvalue weighted by Gasteiger charge is -2.42. The lowest BCUT2D eigenvalue weighted by atomic mass is 10.0. The fraction of sp³-hybridized carbons (Fsp3) is 0.273. The summed E-state index contributed by atoms with van der Waals surface area (Å²) in [5.74, 6) is -2.95. The van der Waals surface area contributed by atoms with Crippen LogP contribution in [-0.4, -0.2) is 46.4 Å². The third-order valence-electron chi connectivity index (χ3n) is 5.71. The maximum atomic E-state index is 15.2. The number of likely N-dealkylation sites (N-methyl/N-ethyl adjacent to an activating group) is 1. The minimum Gasteiger partial charge on any atom is -0.477 e. The Kier molecular flexibility index (Phi) is 6.12. The van der Waals surface area contributed by atoms with Crippen LogP contribution in [0.2, 0.25) is 0 Å². The molecule has 1 aliphatic rings. The predicted octanol–water partition coefficient (Wildman–Crippen LogP) is 2.60. The summed E-state index contributed by atoms with van der Waals surface area (Å²) in [6.45, 7) is 3.24. The molecule has 1 aromatic heterocycles. The van der Waals surface area contributed by atoms with E-state index in [9.17, 15) is 24.2 Å². The molecule has 0 radical (unpaired) electrons. The highest BCUT2D eigenvalue weighted by Gasteiger charge is 2.32. The largest absolute Gasteiger partial charge is 0.477 e. The molecule has 5 N–H and O–H groups in total. The Hall–Kier alpha value is -3.02. The number of hydrogen-bond acceptors (Lipinski definition) is 6. The normalized spacial score (nSPS) is 14.0. The Balaban J connectivity index is 2.05. The van der Waals surface area contributed by atoms with Gasteiger partial charge >= 0.3 is 5.97 Å². The lowest BCUT2D eigenvalue weighted by molar-refractivity contribution is 0.0695. The monoisotopic (exact) mass is 522 g/mol. The zero-order chi connectivity index (χ0) is 24.0. The number of nitrogens with two attached hydrogens (primary N) is 1. The number of carboxylic acid groups (broad SMARTS) is 1. The van der Waals surface area contributed by atoms with Crippen LogP contribution in [0.3, 0.4) is 0 Å². The van der Waals surface area contributed by atoms with Crippen molar-refractivity contribution in [2.24, 2.45) is 0 Å². The molecule has 33 heavy (non-hydrogen) atoms. The van der Waals surface area contributed by atoms with E-state index in [1.807, 2.05) is 6.92 Å². The average molecular weight is 523 g/mol. The number of aromatic carboxylic acids is 1. The van der Waals surface area contributed by atoms with Gasteiger partial charge in [-0.3, -0.25) is 4.79 Å². The van der Waals surface area contributed by atoms with E-state index in [-0.39, 0.29) is 44.0 Å². The van der Waals surface area contributed by atoms with Gasteiger partial charge < -0.3 is 30.7 Å². The molecule has 2 heterocycles. The first-order valence-electron chi connectivity index (χ1n) is 10.2. The summed E-state index contributed by atoms with van der Waals surface area (Å²) in [6.07, 6.45) is 1.07. The zero-order valence-electron chi connectivity index (χ0n) is 17.5. The maximum Gasteiger partial charge on any atom is 0.341 e. The van der Waals surface area contributed by atoms with Crippen LogP contribution in [0, 0.1) is 11.6 Å². The molecule has 11 heteroatoms. The van der Waals surface area contributed by atoms with Gasteiger partial charge in [0, 0.05) is 30.9 Å². The van der Waals surface area contributed by atoms with Crippen molar-refractivity contribution in [3.8, 4) is 5.69 Å². The summed E-state index contributed by atoms with van der Waals surface area (Å²) in [7, 11) is 0. The Bertz CT molecular complexity index is 1340. The van der Waals surface area contributed by atoms with Gasteiger partial charge in [-0.15, -0.1) is 0 Å². The van der Waals surface area contributed by atoms with Crippen LogP contribution < -0.4 is 21.4 Å². The molecule has 0 bridgehead atoms. The number of halogens is 3. The molecular formula is C22H21BrF2N4O4. The highest BCUT2D eigenvalue weighted by atomic mass is 79.9. The van der Waals surface area contributed by atoms with E-state index in [2.05, 4.69) is 21.2 Å². The SMILES string of the molecule is CCNC1CN(c2c(F)cc3c(=O)c(C(=O)O)cn(-c4cc(N)c(F)cc4CO)c3c2Br)C1. The molecule has 0 saturated carbocycles. The van der Waals surface area contributed by atoms with Gasteiger partial charge in [-0.25, -0.2) is 13.6 Å². The van der Waals surface area contributed by atoms with Crippen molar-refractivity contribution < 1.29 is 23.8 Å². The van der Waals surface area contributed by atoms with Gasteiger partial charge in [0.15, 0.2) is 0 Å². The molecule has 0 amide bonds. The number of nitrogens with zero attached hydrogens (tertiary/aromatic N) is 2. The number of pyridine rings is 1. The smallest absolute Gasteiger partial charge is 0.341 e. The Morgan fingerprint density at radius 1 is 1.27 bits per heavy atom. The van der Waals surface area contributed by atoms with E-state index in [4.69, 9.17) is 5.73 Å². The van der Waals surface area contributed by atoms with Gasteiger partial charge in [-0.1, -0.05) is 6.92 Å². The molecule has 0 unspecified atom stereocenters. The van der Waals surface area contributed by atoms with Crippen LogP contribution in [0.15, 0.2) is 33.7 Å². The number of aliphatic hydroxyl groups is 1. The topological polar surface area (TPSA) is 121 Å². The second kappa shape index (κ2) is 8.73. The third-order valence-corrected chi connectivity index (χ3v) is 6.46.